The first-order valence-electron chi connectivity index (χ1n) is 7.09. The second-order valence-electron chi connectivity index (χ2n) is 5.50. The maximum Gasteiger partial charge on any atom is 0.313 e. The number of hydrogen-bond donors (Lipinski definition) is 1. The van der Waals surface area contributed by atoms with Gasteiger partial charge in [-0.15, -0.1) is 0 Å². The smallest absolute Gasteiger partial charge is 0.313 e. The van der Waals surface area contributed by atoms with E-state index in [9.17, 15) is 23.2 Å². The molecule has 6 nitrogen and oxygen atoms in total. The van der Waals surface area contributed by atoms with Crippen molar-refractivity contribution < 1.29 is 23.2 Å². The van der Waals surface area contributed by atoms with E-state index in [2.05, 4.69) is 5.32 Å². The Labute approximate surface area is 132 Å². The predicted molar refractivity (Wildman–Crippen MR) is 78.4 cm³/mol. The number of nitrogens with zero attached hydrogens (tertiary/aromatic N) is 2. The van der Waals surface area contributed by atoms with Crippen LogP contribution in [-0.4, -0.2) is 54.2 Å². The predicted octanol–water partition coefficient (Wildman–Crippen LogP) is 0.982. The van der Waals surface area contributed by atoms with Crippen LogP contribution in [-0.2, 0) is 14.4 Å². The molecule has 0 aliphatic carbocycles. The molecule has 0 aromatic heterocycles. The Morgan fingerprint density at radius 1 is 1.17 bits per heavy atom. The largest absolute Gasteiger partial charge is 0.347 e. The lowest BCUT2D eigenvalue weighted by Gasteiger charge is -2.25. The molecule has 0 unspecified atom stereocenters. The van der Waals surface area contributed by atoms with Crippen molar-refractivity contribution in [3.63, 3.8) is 0 Å². The number of benzene rings is 1. The number of rotatable bonds is 2. The lowest BCUT2D eigenvalue weighted by atomic mass is 10.2. The zero-order valence-corrected chi connectivity index (χ0v) is 12.8. The first kappa shape index (κ1) is 16.9. The minimum Gasteiger partial charge on any atom is -0.347 e. The molecule has 0 spiro atoms. The van der Waals surface area contributed by atoms with Gasteiger partial charge in [0.2, 0.25) is 5.91 Å². The minimum absolute atomic E-state index is 0.157. The molecule has 1 aliphatic heterocycles. The van der Waals surface area contributed by atoms with Crippen LogP contribution >= 0.6 is 0 Å². The van der Waals surface area contributed by atoms with E-state index in [4.69, 9.17) is 0 Å². The van der Waals surface area contributed by atoms with Crippen LogP contribution in [0.2, 0.25) is 0 Å². The van der Waals surface area contributed by atoms with Crippen LogP contribution in [0.5, 0.6) is 0 Å². The van der Waals surface area contributed by atoms with E-state index in [0.717, 1.165) is 12.1 Å². The van der Waals surface area contributed by atoms with Gasteiger partial charge in [-0.2, -0.15) is 0 Å². The fourth-order valence-corrected chi connectivity index (χ4v) is 2.51. The number of nitrogens with one attached hydrogen (secondary N) is 1. The Balaban J connectivity index is 2.09. The van der Waals surface area contributed by atoms with Gasteiger partial charge in [-0.05, 0) is 25.0 Å². The van der Waals surface area contributed by atoms with Gasteiger partial charge in [0.15, 0.2) is 0 Å². The number of likely N-dealkylation sites (N-methyl/N-ethyl adjacent to an activating group) is 1. The molecular weight excluding hydrogens is 308 g/mol. The third-order valence-corrected chi connectivity index (χ3v) is 3.55. The number of carbonyl (C=O) groups is 3. The molecule has 1 aromatic rings. The number of hydrogen-bond acceptors (Lipinski definition) is 3. The highest BCUT2D eigenvalue weighted by Gasteiger charge is 2.37. The minimum atomic E-state index is -1.03. The standard InChI is InChI=1S/C15H17F2N3O3/c1-19(2)14(22)12-4-3-5-20(12)15(23)13(21)18-11-7-9(16)6-10(17)8-11/h6-8,12H,3-5H2,1-2H3,(H,18,21)/t12-/m1/s1. The van der Waals surface area contributed by atoms with Crippen molar-refractivity contribution in [3.05, 3.63) is 29.8 Å². The third kappa shape index (κ3) is 3.82. The summed E-state index contributed by atoms with van der Waals surface area (Å²) in [6.07, 6.45) is 1.09. The molecule has 0 bridgehead atoms. The van der Waals surface area contributed by atoms with Crippen LogP contribution in [0, 0.1) is 11.6 Å². The monoisotopic (exact) mass is 325 g/mol. The zero-order chi connectivity index (χ0) is 17.1. The number of carbonyl (C=O) groups excluding carboxylic acids is 3. The van der Waals surface area contributed by atoms with Crippen LogP contribution in [0.1, 0.15) is 12.8 Å². The highest BCUT2D eigenvalue weighted by molar-refractivity contribution is 6.40. The fourth-order valence-electron chi connectivity index (χ4n) is 2.51. The molecule has 1 saturated heterocycles. The Bertz CT molecular complexity index is 629. The van der Waals surface area contributed by atoms with E-state index in [0.29, 0.717) is 18.9 Å². The Kier molecular flexibility index (Phi) is 4.92. The van der Waals surface area contributed by atoms with E-state index in [-0.39, 0.29) is 18.1 Å². The Morgan fingerprint density at radius 2 is 1.78 bits per heavy atom. The van der Waals surface area contributed by atoms with Crippen LogP contribution in [0.3, 0.4) is 0 Å². The van der Waals surface area contributed by atoms with Gasteiger partial charge in [0.25, 0.3) is 0 Å². The van der Waals surface area contributed by atoms with Crippen molar-refractivity contribution in [3.8, 4) is 0 Å². The number of anilines is 1. The van der Waals surface area contributed by atoms with Crippen LogP contribution < -0.4 is 5.32 Å². The number of halogens is 2. The highest BCUT2D eigenvalue weighted by Crippen LogP contribution is 2.20. The number of amides is 3. The summed E-state index contributed by atoms with van der Waals surface area (Å²) >= 11 is 0. The van der Waals surface area contributed by atoms with Gasteiger partial charge in [-0.1, -0.05) is 0 Å². The maximum absolute atomic E-state index is 13.1. The van der Waals surface area contributed by atoms with Gasteiger partial charge < -0.3 is 15.1 Å². The van der Waals surface area contributed by atoms with Crippen molar-refractivity contribution in [2.24, 2.45) is 0 Å². The SMILES string of the molecule is CN(C)C(=O)[C@H]1CCCN1C(=O)C(=O)Nc1cc(F)cc(F)c1. The summed E-state index contributed by atoms with van der Waals surface area (Å²) in [5.74, 6) is -3.93. The molecule has 124 valence electrons. The van der Waals surface area contributed by atoms with E-state index in [1.165, 1.54) is 9.80 Å². The molecule has 3 amide bonds. The van der Waals surface area contributed by atoms with Crippen molar-refractivity contribution in [1.29, 1.82) is 0 Å². The molecule has 1 aromatic carbocycles. The molecule has 23 heavy (non-hydrogen) atoms. The molecule has 1 aliphatic rings. The molecule has 1 atom stereocenters. The Hall–Kier alpha value is -2.51. The van der Waals surface area contributed by atoms with Crippen molar-refractivity contribution >= 4 is 23.4 Å². The third-order valence-electron chi connectivity index (χ3n) is 3.55. The Morgan fingerprint density at radius 3 is 2.35 bits per heavy atom. The van der Waals surface area contributed by atoms with Crippen molar-refractivity contribution in [2.45, 2.75) is 18.9 Å². The van der Waals surface area contributed by atoms with Gasteiger partial charge in [0, 0.05) is 32.4 Å². The van der Waals surface area contributed by atoms with E-state index >= 15 is 0 Å². The summed E-state index contributed by atoms with van der Waals surface area (Å²) in [6, 6.07) is 1.78. The highest BCUT2D eigenvalue weighted by atomic mass is 19.1. The maximum atomic E-state index is 13.1. The van der Waals surface area contributed by atoms with E-state index in [1.54, 1.807) is 14.1 Å². The van der Waals surface area contributed by atoms with E-state index < -0.39 is 29.5 Å². The van der Waals surface area contributed by atoms with Gasteiger partial charge in [-0.3, -0.25) is 14.4 Å². The second-order valence-corrected chi connectivity index (χ2v) is 5.50. The van der Waals surface area contributed by atoms with Crippen LogP contribution in [0.25, 0.3) is 0 Å². The first-order chi connectivity index (χ1) is 10.8. The molecule has 1 N–H and O–H groups in total. The summed E-state index contributed by atoms with van der Waals surface area (Å²) in [5, 5.41) is 2.15. The summed E-state index contributed by atoms with van der Waals surface area (Å²) < 4.78 is 26.2. The second kappa shape index (κ2) is 6.72. The summed E-state index contributed by atoms with van der Waals surface area (Å²) in [4.78, 5) is 38.8. The summed E-state index contributed by atoms with van der Waals surface area (Å²) in [5.41, 5.74) is -0.157. The molecule has 8 heteroatoms. The molecule has 1 heterocycles. The number of likely N-dealkylation sites (tertiary alicyclic amines) is 1. The first-order valence-corrected chi connectivity index (χ1v) is 7.09. The fraction of sp³-hybridized carbons (Fsp3) is 0.400. The van der Waals surface area contributed by atoms with Gasteiger partial charge in [-0.25, -0.2) is 8.78 Å². The lowest BCUT2D eigenvalue weighted by Crippen LogP contribution is -2.48. The van der Waals surface area contributed by atoms with Crippen LogP contribution in [0.15, 0.2) is 18.2 Å². The zero-order valence-electron chi connectivity index (χ0n) is 12.8. The molecular formula is C15H17F2N3O3. The average molecular weight is 325 g/mol. The summed E-state index contributed by atoms with van der Waals surface area (Å²) in [6.45, 7) is 0.286. The lowest BCUT2D eigenvalue weighted by molar-refractivity contribution is -0.147. The topological polar surface area (TPSA) is 69.7 Å². The van der Waals surface area contributed by atoms with Crippen molar-refractivity contribution in [2.75, 3.05) is 26.0 Å². The average Bonchev–Trinajstić information content (AvgIpc) is 2.93. The quantitative estimate of drug-likeness (QED) is 0.824. The molecule has 0 saturated carbocycles. The summed E-state index contributed by atoms with van der Waals surface area (Å²) in [7, 11) is 3.14. The van der Waals surface area contributed by atoms with E-state index in [1.807, 2.05) is 0 Å². The van der Waals surface area contributed by atoms with Crippen LogP contribution in [0.4, 0.5) is 14.5 Å². The van der Waals surface area contributed by atoms with Crippen molar-refractivity contribution in [1.82, 2.24) is 9.80 Å². The molecule has 0 radical (unpaired) electrons. The van der Waals surface area contributed by atoms with Gasteiger partial charge in [0.1, 0.15) is 17.7 Å². The molecule has 2 rings (SSSR count). The van der Waals surface area contributed by atoms with Gasteiger partial charge >= 0.3 is 11.8 Å². The normalized spacial score (nSPS) is 17.0. The molecule has 1 fully saturated rings. The van der Waals surface area contributed by atoms with Gasteiger partial charge in [0.05, 0.1) is 0 Å².